The molecule has 12 aromatic rings. The Kier molecular flexibility index (Phi) is 9.81. The van der Waals surface area contributed by atoms with Crippen molar-refractivity contribution in [2.45, 2.75) is 19.3 Å². The first-order valence-corrected chi connectivity index (χ1v) is 24.0. The van der Waals surface area contributed by atoms with Crippen LogP contribution in [-0.2, 0) is 5.41 Å². The molecule has 3 heterocycles. The van der Waals surface area contributed by atoms with E-state index in [1.165, 1.54) is 49.7 Å². The SMILES string of the molecule is CC1(C)c2ccccc2-n2c3ccc(-c4ccccc4)cc3c3cc(-c4nc(-c5cc(-c6ccccc6)cc(-c6ccccc6)c5)nc(-c5cc(-c6ccccc6)cc(-c6ccccc6)c5)n4)cc1c32. The van der Waals surface area contributed by atoms with Gasteiger partial charge in [-0.3, -0.25) is 0 Å². The van der Waals surface area contributed by atoms with Gasteiger partial charge in [-0.25, -0.2) is 15.0 Å². The van der Waals surface area contributed by atoms with Crippen LogP contribution in [0.1, 0.15) is 25.0 Å². The van der Waals surface area contributed by atoms with Gasteiger partial charge in [0.25, 0.3) is 0 Å². The Bertz CT molecular complexity index is 3670. The third-order valence-corrected chi connectivity index (χ3v) is 14.2. The second-order valence-corrected chi connectivity index (χ2v) is 18.9. The Morgan fingerprint density at radius 1 is 0.286 bits per heavy atom. The number of para-hydroxylation sites is 1. The quantitative estimate of drug-likeness (QED) is 0.153. The van der Waals surface area contributed by atoms with Gasteiger partial charge in [-0.15, -0.1) is 0 Å². The molecule has 0 aliphatic carbocycles. The predicted molar refractivity (Wildman–Crippen MR) is 290 cm³/mol. The zero-order valence-corrected chi connectivity index (χ0v) is 38.9. The van der Waals surface area contributed by atoms with E-state index < -0.39 is 0 Å². The van der Waals surface area contributed by atoms with E-state index in [9.17, 15) is 0 Å². The fourth-order valence-corrected chi connectivity index (χ4v) is 10.6. The van der Waals surface area contributed by atoms with E-state index in [0.29, 0.717) is 17.5 Å². The fraction of sp³-hybridized carbons (Fsp3) is 0.0455. The maximum Gasteiger partial charge on any atom is 0.164 e. The first kappa shape index (κ1) is 41.2. The molecule has 1 aliphatic rings. The van der Waals surface area contributed by atoms with E-state index in [1.54, 1.807) is 0 Å². The molecule has 10 aromatic carbocycles. The summed E-state index contributed by atoms with van der Waals surface area (Å²) in [4.78, 5) is 16.6. The van der Waals surface area contributed by atoms with Gasteiger partial charge >= 0.3 is 0 Å². The zero-order chi connectivity index (χ0) is 46.8. The largest absolute Gasteiger partial charge is 0.309 e. The van der Waals surface area contributed by atoms with Gasteiger partial charge in [0, 0.05) is 32.9 Å². The van der Waals surface area contributed by atoms with Crippen molar-refractivity contribution in [2.24, 2.45) is 0 Å². The lowest BCUT2D eigenvalue weighted by Gasteiger charge is -2.35. The Morgan fingerprint density at radius 2 is 0.643 bits per heavy atom. The van der Waals surface area contributed by atoms with Crippen molar-refractivity contribution in [3.63, 3.8) is 0 Å². The number of benzene rings is 10. The summed E-state index contributed by atoms with van der Waals surface area (Å²) in [7, 11) is 0. The van der Waals surface area contributed by atoms with Gasteiger partial charge < -0.3 is 4.57 Å². The van der Waals surface area contributed by atoms with Gasteiger partial charge in [0.05, 0.1) is 16.7 Å². The molecule has 4 nitrogen and oxygen atoms in total. The van der Waals surface area contributed by atoms with Crippen LogP contribution in [0, 0.1) is 0 Å². The van der Waals surface area contributed by atoms with Crippen LogP contribution in [0.3, 0.4) is 0 Å². The molecule has 13 rings (SSSR count). The predicted octanol–water partition coefficient (Wildman–Crippen LogP) is 16.9. The zero-order valence-electron chi connectivity index (χ0n) is 38.9. The molecule has 0 radical (unpaired) electrons. The van der Waals surface area contributed by atoms with Crippen LogP contribution < -0.4 is 0 Å². The fourth-order valence-electron chi connectivity index (χ4n) is 10.6. The lowest BCUT2D eigenvalue weighted by molar-refractivity contribution is 0.630. The molecule has 0 N–H and O–H groups in total. The highest BCUT2D eigenvalue weighted by atomic mass is 15.0. The molecule has 0 saturated carbocycles. The van der Waals surface area contributed by atoms with E-state index in [4.69, 9.17) is 15.0 Å². The topological polar surface area (TPSA) is 43.6 Å². The first-order chi connectivity index (χ1) is 34.4. The second-order valence-electron chi connectivity index (χ2n) is 18.9. The Hall–Kier alpha value is -8.99. The highest BCUT2D eigenvalue weighted by Crippen LogP contribution is 2.49. The summed E-state index contributed by atoms with van der Waals surface area (Å²) in [6.07, 6.45) is 0. The smallest absolute Gasteiger partial charge is 0.164 e. The van der Waals surface area contributed by atoms with Crippen molar-refractivity contribution >= 4 is 21.8 Å². The molecule has 0 amide bonds. The van der Waals surface area contributed by atoms with Gasteiger partial charge in [-0.2, -0.15) is 0 Å². The van der Waals surface area contributed by atoms with E-state index in [0.717, 1.165) is 61.2 Å². The Balaban J connectivity index is 1.10. The first-order valence-electron chi connectivity index (χ1n) is 24.0. The highest BCUT2D eigenvalue weighted by molar-refractivity contribution is 6.14. The minimum Gasteiger partial charge on any atom is -0.309 e. The third-order valence-electron chi connectivity index (χ3n) is 14.2. The molecule has 0 unspecified atom stereocenters. The number of rotatable bonds is 8. The summed E-state index contributed by atoms with van der Waals surface area (Å²) in [6.45, 7) is 4.71. The molecule has 70 heavy (non-hydrogen) atoms. The van der Waals surface area contributed by atoms with Crippen molar-refractivity contribution < 1.29 is 0 Å². The van der Waals surface area contributed by atoms with Crippen LogP contribution in [-0.4, -0.2) is 19.5 Å². The lowest BCUT2D eigenvalue weighted by Crippen LogP contribution is -2.26. The second kappa shape index (κ2) is 16.7. The van der Waals surface area contributed by atoms with Crippen LogP contribution in [0.15, 0.2) is 243 Å². The van der Waals surface area contributed by atoms with Crippen molar-refractivity contribution in [1.29, 1.82) is 0 Å². The molecule has 0 fully saturated rings. The maximum absolute atomic E-state index is 5.55. The molecule has 4 heteroatoms. The average molecular weight is 895 g/mol. The van der Waals surface area contributed by atoms with E-state index in [-0.39, 0.29) is 5.41 Å². The van der Waals surface area contributed by atoms with Gasteiger partial charge in [0.2, 0.25) is 0 Å². The molecule has 2 aromatic heterocycles. The molecule has 0 spiro atoms. The Labute approximate surface area is 407 Å². The van der Waals surface area contributed by atoms with Gasteiger partial charge in [-0.05, 0) is 133 Å². The summed E-state index contributed by atoms with van der Waals surface area (Å²) >= 11 is 0. The monoisotopic (exact) mass is 894 g/mol. The molecule has 0 bridgehead atoms. The van der Waals surface area contributed by atoms with Crippen LogP contribution in [0.25, 0.3) is 117 Å². The summed E-state index contributed by atoms with van der Waals surface area (Å²) in [5, 5.41) is 2.36. The highest BCUT2D eigenvalue weighted by Gasteiger charge is 2.36. The van der Waals surface area contributed by atoms with Crippen molar-refractivity contribution in [3.8, 4) is 95.5 Å². The minimum absolute atomic E-state index is 0.334. The lowest BCUT2D eigenvalue weighted by atomic mass is 9.74. The minimum atomic E-state index is -0.334. The number of nitrogens with zero attached hydrogens (tertiary/aromatic N) is 4. The van der Waals surface area contributed by atoms with E-state index >= 15 is 0 Å². The Morgan fingerprint density at radius 3 is 1.09 bits per heavy atom. The molecule has 0 atom stereocenters. The number of hydrogen-bond acceptors (Lipinski definition) is 3. The summed E-state index contributed by atoms with van der Waals surface area (Å²) < 4.78 is 2.48. The number of hydrogen-bond donors (Lipinski definition) is 0. The van der Waals surface area contributed by atoms with Crippen LogP contribution in [0.2, 0.25) is 0 Å². The van der Waals surface area contributed by atoms with Crippen molar-refractivity contribution in [2.75, 3.05) is 0 Å². The van der Waals surface area contributed by atoms with Gasteiger partial charge in [0.1, 0.15) is 0 Å². The molecular weight excluding hydrogens is 849 g/mol. The summed E-state index contributed by atoms with van der Waals surface area (Å²) in [5.41, 5.74) is 19.7. The number of aromatic nitrogens is 4. The maximum atomic E-state index is 5.55. The molecule has 0 saturated heterocycles. The van der Waals surface area contributed by atoms with E-state index in [1.807, 2.05) is 0 Å². The van der Waals surface area contributed by atoms with Crippen LogP contribution in [0.5, 0.6) is 0 Å². The van der Waals surface area contributed by atoms with Crippen molar-refractivity contribution in [3.05, 3.63) is 254 Å². The summed E-state index contributed by atoms with van der Waals surface area (Å²) in [6, 6.07) is 86.9. The van der Waals surface area contributed by atoms with Crippen molar-refractivity contribution in [1.82, 2.24) is 19.5 Å². The molecule has 330 valence electrons. The van der Waals surface area contributed by atoms with Crippen LogP contribution >= 0.6 is 0 Å². The summed E-state index contributed by atoms with van der Waals surface area (Å²) in [5.74, 6) is 1.83. The number of fused-ring (bicyclic) bond motifs is 5. The molecular formula is C66H46N4. The normalized spacial score (nSPS) is 12.5. The third kappa shape index (κ3) is 7.12. The van der Waals surface area contributed by atoms with Crippen LogP contribution in [0.4, 0.5) is 0 Å². The average Bonchev–Trinajstić information content (AvgIpc) is 3.77. The van der Waals surface area contributed by atoms with Gasteiger partial charge in [-0.1, -0.05) is 190 Å². The molecule has 1 aliphatic heterocycles. The van der Waals surface area contributed by atoms with E-state index in [2.05, 4.69) is 261 Å². The van der Waals surface area contributed by atoms with Gasteiger partial charge in [0.15, 0.2) is 17.5 Å². The standard InChI is InChI=1S/C66H46N4/c1-66(2)58-30-18-19-31-61(58)70-60-33-32-48(43-20-8-3-9-21-43)40-56(60)57-41-55(42-59(66)62(57)70)65-68-63(53-36-49(44-22-10-4-11-23-44)34-50(37-53)45-24-12-5-13-25-45)67-64(69-65)54-38-51(46-26-14-6-15-27-46)35-52(39-54)47-28-16-7-17-29-47/h3-42H,1-2H3.